The average molecular weight is 467 g/mol. The normalized spacial score (nSPS) is 17.5. The van der Waals surface area contributed by atoms with Crippen molar-refractivity contribution < 1.29 is 28.9 Å². The standard InChI is InChI=1S/C28H34O6/c1-27(2,3)16-23(28(26(30)31)13-6-14-28)34-24-20(10-12-22(32-4)25(24)33-5)18-7-9-19-17(15-18)8-11-21(19)29/h7,9-10,12,15,23H,6,8,11,13-14,16H2,1-5H3,(H,30,31). The Balaban J connectivity index is 1.85. The second-order valence-corrected chi connectivity index (χ2v) is 10.7. The van der Waals surface area contributed by atoms with Gasteiger partial charge in [-0.25, -0.2) is 0 Å². The van der Waals surface area contributed by atoms with Gasteiger partial charge in [-0.3, -0.25) is 9.59 Å². The lowest BCUT2D eigenvalue weighted by molar-refractivity contribution is -0.165. The van der Waals surface area contributed by atoms with Crippen molar-refractivity contribution in [3.8, 4) is 28.4 Å². The number of hydrogen-bond acceptors (Lipinski definition) is 5. The molecule has 6 heteroatoms. The number of carbonyl (C=O) groups excluding carboxylic acids is 1. The molecule has 0 heterocycles. The smallest absolute Gasteiger partial charge is 0.313 e. The maximum atomic E-state index is 12.4. The van der Waals surface area contributed by atoms with E-state index >= 15 is 0 Å². The topological polar surface area (TPSA) is 82.1 Å². The summed E-state index contributed by atoms with van der Waals surface area (Å²) in [6.07, 6.45) is 3.35. The molecule has 4 rings (SSSR count). The highest BCUT2D eigenvalue weighted by atomic mass is 16.5. The van der Waals surface area contributed by atoms with Gasteiger partial charge in [0.15, 0.2) is 17.3 Å². The Bertz CT molecular complexity index is 1110. The largest absolute Gasteiger partial charge is 0.493 e. The summed E-state index contributed by atoms with van der Waals surface area (Å²) >= 11 is 0. The molecule has 182 valence electrons. The number of carbonyl (C=O) groups is 2. The molecule has 2 aromatic carbocycles. The van der Waals surface area contributed by atoms with Crippen LogP contribution in [0.2, 0.25) is 0 Å². The Morgan fingerprint density at radius 2 is 1.74 bits per heavy atom. The summed E-state index contributed by atoms with van der Waals surface area (Å²) in [6, 6.07) is 9.57. The maximum absolute atomic E-state index is 12.4. The first-order chi connectivity index (χ1) is 16.1. The third-order valence-electron chi connectivity index (χ3n) is 7.18. The number of aliphatic carboxylic acids is 1. The van der Waals surface area contributed by atoms with Gasteiger partial charge in [0.2, 0.25) is 5.75 Å². The Labute approximate surface area is 201 Å². The molecular weight excluding hydrogens is 432 g/mol. The van der Waals surface area contributed by atoms with Gasteiger partial charge in [0.05, 0.1) is 14.2 Å². The van der Waals surface area contributed by atoms with Gasteiger partial charge in [0.25, 0.3) is 0 Å². The monoisotopic (exact) mass is 466 g/mol. The summed E-state index contributed by atoms with van der Waals surface area (Å²) in [5.41, 5.74) is 2.42. The lowest BCUT2D eigenvalue weighted by Crippen LogP contribution is -2.51. The van der Waals surface area contributed by atoms with Crippen molar-refractivity contribution in [3.63, 3.8) is 0 Å². The van der Waals surface area contributed by atoms with Gasteiger partial charge in [-0.15, -0.1) is 0 Å². The van der Waals surface area contributed by atoms with Crippen LogP contribution in [0.5, 0.6) is 17.2 Å². The van der Waals surface area contributed by atoms with Crippen molar-refractivity contribution >= 4 is 11.8 Å². The van der Waals surface area contributed by atoms with Gasteiger partial charge >= 0.3 is 5.97 Å². The number of ketones is 1. The summed E-state index contributed by atoms with van der Waals surface area (Å²) in [6.45, 7) is 6.29. The fourth-order valence-electron chi connectivity index (χ4n) is 5.15. The molecule has 0 spiro atoms. The molecule has 1 atom stereocenters. The zero-order valence-electron chi connectivity index (χ0n) is 20.7. The maximum Gasteiger partial charge on any atom is 0.313 e. The number of benzene rings is 2. The van der Waals surface area contributed by atoms with Crippen LogP contribution in [0.4, 0.5) is 0 Å². The van der Waals surface area contributed by atoms with Crippen LogP contribution in [0.25, 0.3) is 11.1 Å². The first-order valence-electron chi connectivity index (χ1n) is 11.9. The molecule has 0 radical (unpaired) electrons. The van der Waals surface area contributed by atoms with Crippen LogP contribution in [0, 0.1) is 10.8 Å². The Morgan fingerprint density at radius 3 is 2.29 bits per heavy atom. The molecule has 1 unspecified atom stereocenters. The molecule has 2 aromatic rings. The van der Waals surface area contributed by atoms with Gasteiger partial charge in [0.1, 0.15) is 11.5 Å². The van der Waals surface area contributed by atoms with Crippen LogP contribution in [-0.2, 0) is 11.2 Å². The van der Waals surface area contributed by atoms with E-state index in [0.717, 1.165) is 35.1 Å². The molecule has 1 N–H and O–H groups in total. The number of carboxylic acids is 1. The molecule has 0 aliphatic heterocycles. The summed E-state index contributed by atoms with van der Waals surface area (Å²) in [4.78, 5) is 24.6. The van der Waals surface area contributed by atoms with Crippen molar-refractivity contribution in [3.05, 3.63) is 41.5 Å². The van der Waals surface area contributed by atoms with E-state index in [1.165, 1.54) is 0 Å². The van der Waals surface area contributed by atoms with E-state index in [0.29, 0.717) is 42.9 Å². The number of Topliss-reactive ketones (excluding diaryl/α,β-unsaturated/α-hetero) is 1. The molecule has 6 nitrogen and oxygen atoms in total. The van der Waals surface area contributed by atoms with Crippen LogP contribution in [0.3, 0.4) is 0 Å². The molecule has 0 amide bonds. The molecule has 2 aliphatic carbocycles. The van der Waals surface area contributed by atoms with Crippen molar-refractivity contribution in [2.24, 2.45) is 10.8 Å². The Hall–Kier alpha value is -3.02. The summed E-state index contributed by atoms with van der Waals surface area (Å²) < 4.78 is 18.0. The first-order valence-corrected chi connectivity index (χ1v) is 11.9. The number of aryl methyl sites for hydroxylation is 1. The Kier molecular flexibility index (Phi) is 6.36. The van der Waals surface area contributed by atoms with Crippen LogP contribution in [-0.4, -0.2) is 37.2 Å². The fraction of sp³-hybridized carbons (Fsp3) is 0.500. The number of hydrogen-bond donors (Lipinski definition) is 1. The molecule has 2 aliphatic rings. The average Bonchev–Trinajstić information content (AvgIpc) is 3.11. The van der Waals surface area contributed by atoms with Crippen LogP contribution >= 0.6 is 0 Å². The van der Waals surface area contributed by atoms with Gasteiger partial charge < -0.3 is 19.3 Å². The lowest BCUT2D eigenvalue weighted by atomic mass is 9.62. The van der Waals surface area contributed by atoms with Crippen molar-refractivity contribution in [2.45, 2.75) is 65.4 Å². The summed E-state index contributed by atoms with van der Waals surface area (Å²) in [7, 11) is 3.13. The van der Waals surface area contributed by atoms with Crippen molar-refractivity contribution in [1.29, 1.82) is 0 Å². The van der Waals surface area contributed by atoms with E-state index in [4.69, 9.17) is 14.2 Å². The zero-order valence-corrected chi connectivity index (χ0v) is 20.7. The summed E-state index contributed by atoms with van der Waals surface area (Å²) in [5.74, 6) is 0.796. The van der Waals surface area contributed by atoms with Crippen molar-refractivity contribution in [1.82, 2.24) is 0 Å². The number of methoxy groups -OCH3 is 2. The predicted molar refractivity (Wildman–Crippen MR) is 130 cm³/mol. The van der Waals surface area contributed by atoms with E-state index in [9.17, 15) is 14.7 Å². The number of fused-ring (bicyclic) bond motifs is 1. The second kappa shape index (κ2) is 8.97. The number of rotatable bonds is 8. The first kappa shape index (κ1) is 24.1. The van der Waals surface area contributed by atoms with E-state index in [1.54, 1.807) is 14.2 Å². The van der Waals surface area contributed by atoms with Crippen LogP contribution in [0.15, 0.2) is 30.3 Å². The predicted octanol–water partition coefficient (Wildman–Crippen LogP) is 5.94. The minimum Gasteiger partial charge on any atom is -0.493 e. The quantitative estimate of drug-likeness (QED) is 0.519. The molecular formula is C28H34O6. The van der Waals surface area contributed by atoms with Crippen LogP contribution in [0.1, 0.15) is 68.8 Å². The van der Waals surface area contributed by atoms with E-state index in [-0.39, 0.29) is 11.2 Å². The number of carboxylic acid groups (broad SMARTS) is 1. The molecule has 0 saturated heterocycles. The molecule has 0 bridgehead atoms. The van der Waals surface area contributed by atoms with Crippen LogP contribution < -0.4 is 14.2 Å². The fourth-order valence-corrected chi connectivity index (χ4v) is 5.15. The van der Waals surface area contributed by atoms with E-state index in [1.807, 2.05) is 30.3 Å². The Morgan fingerprint density at radius 1 is 1.03 bits per heavy atom. The minimum atomic E-state index is -0.928. The minimum absolute atomic E-state index is 0.136. The zero-order chi connectivity index (χ0) is 24.7. The molecule has 34 heavy (non-hydrogen) atoms. The highest BCUT2D eigenvalue weighted by molar-refractivity contribution is 6.01. The third kappa shape index (κ3) is 4.26. The molecule has 0 aromatic heterocycles. The van der Waals surface area contributed by atoms with Gasteiger partial charge in [0, 0.05) is 17.5 Å². The van der Waals surface area contributed by atoms with Gasteiger partial charge in [-0.1, -0.05) is 45.4 Å². The van der Waals surface area contributed by atoms with E-state index < -0.39 is 17.5 Å². The lowest BCUT2D eigenvalue weighted by Gasteiger charge is -2.45. The molecule has 1 saturated carbocycles. The van der Waals surface area contributed by atoms with Crippen molar-refractivity contribution in [2.75, 3.05) is 14.2 Å². The third-order valence-corrected chi connectivity index (χ3v) is 7.18. The summed E-state index contributed by atoms with van der Waals surface area (Å²) in [5, 5.41) is 10.2. The highest BCUT2D eigenvalue weighted by Gasteiger charge is 2.53. The van der Waals surface area contributed by atoms with Gasteiger partial charge in [-0.2, -0.15) is 0 Å². The molecule has 1 fully saturated rings. The van der Waals surface area contributed by atoms with Gasteiger partial charge in [-0.05, 0) is 54.4 Å². The SMILES string of the molecule is COc1ccc(-c2ccc3c(c2)CCC3=O)c(OC(CC(C)(C)C)C2(C(=O)O)CCC2)c1OC. The van der Waals surface area contributed by atoms with E-state index in [2.05, 4.69) is 20.8 Å². The number of ether oxygens (including phenoxy) is 3. The highest BCUT2D eigenvalue weighted by Crippen LogP contribution is 2.52. The second-order valence-electron chi connectivity index (χ2n) is 10.7.